The lowest BCUT2D eigenvalue weighted by molar-refractivity contribution is 0.241. The highest BCUT2D eigenvalue weighted by molar-refractivity contribution is 6.33. The van der Waals surface area contributed by atoms with Gasteiger partial charge in [-0.05, 0) is 11.6 Å². The van der Waals surface area contributed by atoms with Crippen molar-refractivity contribution in [3.63, 3.8) is 0 Å². The van der Waals surface area contributed by atoms with E-state index in [1.54, 1.807) is 14.2 Å². The van der Waals surface area contributed by atoms with Crippen LogP contribution < -0.4 is 15.0 Å². The molecule has 0 fully saturated rings. The minimum Gasteiger partial charge on any atom is -0.493 e. The van der Waals surface area contributed by atoms with Crippen molar-refractivity contribution in [2.45, 2.75) is 19.5 Å². The fraction of sp³-hybridized carbons (Fsp3) is 0.273. The summed E-state index contributed by atoms with van der Waals surface area (Å²) in [6.07, 6.45) is 0.712. The first kappa shape index (κ1) is 19.5. The first-order valence-electron chi connectivity index (χ1n) is 9.40. The van der Waals surface area contributed by atoms with Crippen molar-refractivity contribution in [3.05, 3.63) is 74.7 Å². The van der Waals surface area contributed by atoms with Crippen molar-refractivity contribution in [1.29, 1.82) is 0 Å². The Kier molecular flexibility index (Phi) is 5.56. The summed E-state index contributed by atoms with van der Waals surface area (Å²) < 4.78 is 10.7. The van der Waals surface area contributed by atoms with Crippen molar-refractivity contribution in [1.82, 2.24) is 14.9 Å². The lowest BCUT2D eigenvalue weighted by Gasteiger charge is -2.28. The van der Waals surface area contributed by atoms with Crippen LogP contribution >= 0.6 is 11.6 Å². The molecule has 4 rings (SSSR count). The molecule has 7 heteroatoms. The second kappa shape index (κ2) is 8.27. The molecule has 0 amide bonds. The first-order chi connectivity index (χ1) is 14.1. The van der Waals surface area contributed by atoms with Crippen molar-refractivity contribution in [3.8, 4) is 22.9 Å². The molecular weight excluding hydrogens is 390 g/mol. The zero-order valence-electron chi connectivity index (χ0n) is 16.4. The number of rotatable bonds is 5. The highest BCUT2D eigenvalue weighted by Gasteiger charge is 2.23. The third-order valence-corrected chi connectivity index (χ3v) is 5.57. The number of hydrogen-bond donors (Lipinski definition) is 1. The number of ether oxygens (including phenoxy) is 2. The van der Waals surface area contributed by atoms with Crippen LogP contribution in [-0.2, 0) is 19.5 Å². The number of methoxy groups -OCH3 is 2. The molecule has 0 saturated heterocycles. The number of nitrogens with one attached hydrogen (secondary N) is 1. The van der Waals surface area contributed by atoms with Gasteiger partial charge in [0.15, 0.2) is 11.5 Å². The minimum atomic E-state index is -0.0861. The van der Waals surface area contributed by atoms with E-state index in [4.69, 9.17) is 26.1 Å². The van der Waals surface area contributed by atoms with Gasteiger partial charge >= 0.3 is 0 Å². The standard InChI is InChI=1S/C22H22ClN3O3/c1-28-18-9-8-15(19(23)20(18)29-2)12-26-11-10-17-16(13-26)22(27)25-21(24-17)14-6-4-3-5-7-14/h3-9H,10-13H2,1-2H3,(H,24,25,27). The Morgan fingerprint density at radius 1 is 1.14 bits per heavy atom. The molecule has 29 heavy (non-hydrogen) atoms. The van der Waals surface area contributed by atoms with Gasteiger partial charge in [-0.3, -0.25) is 9.69 Å². The minimum absolute atomic E-state index is 0.0861. The van der Waals surface area contributed by atoms with Crippen molar-refractivity contribution >= 4 is 11.6 Å². The quantitative estimate of drug-likeness (QED) is 0.693. The molecule has 0 saturated carbocycles. The van der Waals surface area contributed by atoms with Crippen LogP contribution in [0, 0.1) is 0 Å². The van der Waals surface area contributed by atoms with Crippen LogP contribution in [-0.4, -0.2) is 35.6 Å². The molecule has 1 aliphatic rings. The second-order valence-corrected chi connectivity index (χ2v) is 7.32. The first-order valence-corrected chi connectivity index (χ1v) is 9.77. The van der Waals surface area contributed by atoms with Gasteiger partial charge in [0.2, 0.25) is 0 Å². The van der Waals surface area contributed by atoms with Crippen molar-refractivity contribution < 1.29 is 9.47 Å². The Morgan fingerprint density at radius 2 is 1.93 bits per heavy atom. The summed E-state index contributed by atoms with van der Waals surface area (Å²) in [5, 5.41) is 0.532. The number of hydrogen-bond acceptors (Lipinski definition) is 5. The van der Waals surface area contributed by atoms with Crippen LogP contribution in [0.25, 0.3) is 11.4 Å². The summed E-state index contributed by atoms with van der Waals surface area (Å²) in [6, 6.07) is 13.5. The molecule has 1 aromatic heterocycles. The van der Waals surface area contributed by atoms with Crippen LogP contribution in [0.2, 0.25) is 5.02 Å². The topological polar surface area (TPSA) is 67.5 Å². The Balaban J connectivity index is 1.58. The third kappa shape index (κ3) is 3.86. The van der Waals surface area contributed by atoms with Gasteiger partial charge < -0.3 is 14.5 Å². The monoisotopic (exact) mass is 411 g/mol. The molecular formula is C22H22ClN3O3. The molecule has 1 aliphatic heterocycles. The molecule has 0 bridgehead atoms. The third-order valence-electron chi connectivity index (χ3n) is 5.15. The van der Waals surface area contributed by atoms with Gasteiger partial charge in [0.25, 0.3) is 5.56 Å². The fourth-order valence-electron chi connectivity index (χ4n) is 3.64. The summed E-state index contributed by atoms with van der Waals surface area (Å²) in [7, 11) is 3.15. The lowest BCUT2D eigenvalue weighted by atomic mass is 10.0. The molecule has 0 spiro atoms. The number of H-pyrrole nitrogens is 1. The van der Waals surface area contributed by atoms with Crippen LogP contribution in [0.5, 0.6) is 11.5 Å². The average Bonchev–Trinajstić information content (AvgIpc) is 2.75. The zero-order chi connectivity index (χ0) is 20.4. The van der Waals surface area contributed by atoms with E-state index in [1.165, 1.54) is 0 Å². The molecule has 0 aliphatic carbocycles. The number of benzene rings is 2. The number of nitrogens with zero attached hydrogens (tertiary/aromatic N) is 2. The van der Waals surface area contributed by atoms with Crippen LogP contribution in [0.15, 0.2) is 47.3 Å². The Labute approximate surface area is 174 Å². The van der Waals surface area contributed by atoms with E-state index in [2.05, 4.69) is 9.88 Å². The molecule has 3 aromatic rings. The van der Waals surface area contributed by atoms with Crippen molar-refractivity contribution in [2.75, 3.05) is 20.8 Å². The summed E-state index contributed by atoms with van der Waals surface area (Å²) >= 11 is 6.52. The smallest absolute Gasteiger partial charge is 0.255 e. The Hall–Kier alpha value is -2.83. The summed E-state index contributed by atoms with van der Waals surface area (Å²) in [4.78, 5) is 22.5. The maximum absolute atomic E-state index is 12.7. The number of aromatic amines is 1. The van der Waals surface area contributed by atoms with Crippen LogP contribution in [0.1, 0.15) is 16.8 Å². The predicted octanol–water partition coefficient (Wildman–Crippen LogP) is 3.67. The summed E-state index contributed by atoms with van der Waals surface area (Å²) in [5.41, 5.74) is 3.33. The van der Waals surface area contributed by atoms with Crippen LogP contribution in [0.4, 0.5) is 0 Å². The molecule has 0 atom stereocenters. The Morgan fingerprint density at radius 3 is 2.66 bits per heavy atom. The van der Waals surface area contributed by atoms with E-state index in [1.807, 2.05) is 42.5 Å². The average molecular weight is 412 g/mol. The fourth-order valence-corrected chi connectivity index (χ4v) is 3.93. The van der Waals surface area contributed by atoms with E-state index in [0.29, 0.717) is 47.4 Å². The zero-order valence-corrected chi connectivity index (χ0v) is 17.1. The molecule has 150 valence electrons. The van der Waals surface area contributed by atoms with E-state index in [0.717, 1.165) is 23.4 Å². The van der Waals surface area contributed by atoms with Gasteiger partial charge in [-0.15, -0.1) is 0 Å². The molecule has 1 N–H and O–H groups in total. The molecule has 0 radical (unpaired) electrons. The van der Waals surface area contributed by atoms with E-state index >= 15 is 0 Å². The van der Waals surface area contributed by atoms with Gasteiger partial charge in [-0.2, -0.15) is 0 Å². The highest BCUT2D eigenvalue weighted by atomic mass is 35.5. The molecule has 6 nitrogen and oxygen atoms in total. The van der Waals surface area contributed by atoms with Gasteiger partial charge in [-0.1, -0.05) is 48.0 Å². The number of halogens is 1. The van der Waals surface area contributed by atoms with Crippen LogP contribution in [0.3, 0.4) is 0 Å². The lowest BCUT2D eigenvalue weighted by Crippen LogP contribution is -2.35. The van der Waals surface area contributed by atoms with E-state index < -0.39 is 0 Å². The van der Waals surface area contributed by atoms with E-state index in [-0.39, 0.29) is 5.56 Å². The van der Waals surface area contributed by atoms with Crippen molar-refractivity contribution in [2.24, 2.45) is 0 Å². The highest BCUT2D eigenvalue weighted by Crippen LogP contribution is 2.38. The maximum Gasteiger partial charge on any atom is 0.255 e. The predicted molar refractivity (Wildman–Crippen MR) is 113 cm³/mol. The Bertz CT molecular complexity index is 1080. The SMILES string of the molecule is COc1ccc(CN2CCc3nc(-c4ccccc4)[nH]c(=O)c3C2)c(Cl)c1OC. The molecule has 2 heterocycles. The number of aromatic nitrogens is 2. The summed E-state index contributed by atoms with van der Waals surface area (Å²) in [5.74, 6) is 1.74. The van der Waals surface area contributed by atoms with Gasteiger partial charge in [0.1, 0.15) is 5.82 Å². The second-order valence-electron chi connectivity index (χ2n) is 6.94. The van der Waals surface area contributed by atoms with E-state index in [9.17, 15) is 4.79 Å². The molecule has 2 aromatic carbocycles. The number of fused-ring (bicyclic) bond motifs is 1. The van der Waals surface area contributed by atoms with Gasteiger partial charge in [0.05, 0.1) is 30.5 Å². The largest absolute Gasteiger partial charge is 0.493 e. The summed E-state index contributed by atoms with van der Waals surface area (Å²) in [6.45, 7) is 1.93. The van der Waals surface area contributed by atoms with Gasteiger partial charge in [0, 0.05) is 31.6 Å². The maximum atomic E-state index is 12.7. The molecule has 0 unspecified atom stereocenters. The van der Waals surface area contributed by atoms with Gasteiger partial charge in [-0.25, -0.2) is 4.98 Å². The normalized spacial score (nSPS) is 13.8.